The predicted octanol–water partition coefficient (Wildman–Crippen LogP) is 4.05. The Hall–Kier alpha value is -3.32. The zero-order valence-electron chi connectivity index (χ0n) is 13.4. The van der Waals surface area contributed by atoms with Crippen LogP contribution in [0.4, 0.5) is 0 Å². The molecule has 0 atom stereocenters. The van der Waals surface area contributed by atoms with E-state index in [0.717, 1.165) is 5.56 Å². The lowest BCUT2D eigenvalue weighted by Gasteiger charge is -2.04. The molecule has 0 heterocycles. The third-order valence-electron chi connectivity index (χ3n) is 3.26. The number of nitriles is 1. The Kier molecular flexibility index (Phi) is 5.93. The lowest BCUT2D eigenvalue weighted by atomic mass is 10.0. The highest BCUT2D eigenvalue weighted by Crippen LogP contribution is 2.19. The van der Waals surface area contributed by atoms with Gasteiger partial charge < -0.3 is 9.47 Å². The lowest BCUT2D eigenvalue weighted by molar-refractivity contribution is 0.103. The number of hydrogen-bond donors (Lipinski definition) is 0. The van der Waals surface area contributed by atoms with Gasteiger partial charge in [0.05, 0.1) is 7.11 Å². The van der Waals surface area contributed by atoms with E-state index in [0.29, 0.717) is 23.7 Å². The van der Waals surface area contributed by atoms with Crippen LogP contribution in [0, 0.1) is 11.3 Å². The highest BCUT2D eigenvalue weighted by Gasteiger charge is 2.13. The van der Waals surface area contributed by atoms with Gasteiger partial charge in [0.15, 0.2) is 0 Å². The van der Waals surface area contributed by atoms with E-state index in [1.54, 1.807) is 60.7 Å². The maximum atomic E-state index is 12.5. The second-order valence-corrected chi connectivity index (χ2v) is 4.90. The zero-order valence-corrected chi connectivity index (χ0v) is 13.4. The maximum absolute atomic E-state index is 12.5. The Labute approximate surface area is 141 Å². The molecule has 0 bridgehead atoms. The molecule has 0 fully saturated rings. The molecular formula is C20H17NO3. The van der Waals surface area contributed by atoms with E-state index in [2.05, 4.69) is 6.58 Å². The molecule has 0 aliphatic carbocycles. The molecule has 0 N–H and O–H groups in total. The van der Waals surface area contributed by atoms with Crippen LogP contribution in [0.15, 0.2) is 66.8 Å². The molecule has 0 unspecified atom stereocenters. The van der Waals surface area contributed by atoms with Gasteiger partial charge in [0, 0.05) is 5.56 Å². The second kappa shape index (κ2) is 8.35. The Bertz CT molecular complexity index is 798. The number of methoxy groups -OCH3 is 1. The molecule has 2 aromatic rings. The van der Waals surface area contributed by atoms with Crippen molar-refractivity contribution in [1.29, 1.82) is 5.26 Å². The van der Waals surface area contributed by atoms with E-state index in [1.807, 2.05) is 6.07 Å². The summed E-state index contributed by atoms with van der Waals surface area (Å²) in [4.78, 5) is 12.5. The second-order valence-electron chi connectivity index (χ2n) is 4.90. The molecule has 0 aromatic heterocycles. The van der Waals surface area contributed by atoms with Crippen LogP contribution in [0.2, 0.25) is 0 Å². The van der Waals surface area contributed by atoms with Gasteiger partial charge in [-0.3, -0.25) is 4.79 Å². The molecule has 4 nitrogen and oxygen atoms in total. The number of ketones is 1. The first-order valence-corrected chi connectivity index (χ1v) is 7.32. The van der Waals surface area contributed by atoms with Crippen molar-refractivity contribution in [3.05, 3.63) is 77.9 Å². The molecule has 0 spiro atoms. The van der Waals surface area contributed by atoms with Crippen LogP contribution in [-0.4, -0.2) is 19.5 Å². The van der Waals surface area contributed by atoms with Gasteiger partial charge in [0.1, 0.15) is 29.7 Å². The fourth-order valence-electron chi connectivity index (χ4n) is 2.05. The van der Waals surface area contributed by atoms with Crippen LogP contribution in [-0.2, 0) is 0 Å². The number of ether oxygens (including phenoxy) is 2. The van der Waals surface area contributed by atoms with Crippen LogP contribution < -0.4 is 9.47 Å². The summed E-state index contributed by atoms with van der Waals surface area (Å²) in [5.74, 6) is 0.926. The van der Waals surface area contributed by atoms with Crippen molar-refractivity contribution in [2.45, 2.75) is 0 Å². The summed E-state index contributed by atoms with van der Waals surface area (Å²) in [6.07, 6.45) is 3.22. The predicted molar refractivity (Wildman–Crippen MR) is 93.0 cm³/mol. The van der Waals surface area contributed by atoms with Crippen LogP contribution in [0.5, 0.6) is 11.5 Å². The third-order valence-corrected chi connectivity index (χ3v) is 3.26. The molecule has 0 amide bonds. The number of carbonyl (C=O) groups excluding carboxylic acids is 1. The van der Waals surface area contributed by atoms with Crippen LogP contribution >= 0.6 is 0 Å². The Morgan fingerprint density at radius 3 is 2.58 bits per heavy atom. The minimum atomic E-state index is -0.344. The standard InChI is InChI=1S/C20H17NO3/c1-3-11-24-18-9-7-15(8-10-18)12-17(14-21)20(22)16-5-4-6-19(13-16)23-2/h3-10,12-13H,1,11H2,2H3/b17-12-. The van der Waals surface area contributed by atoms with Gasteiger partial charge in [-0.25, -0.2) is 0 Å². The Morgan fingerprint density at radius 1 is 1.21 bits per heavy atom. The number of benzene rings is 2. The fraction of sp³-hybridized carbons (Fsp3) is 0.100. The first-order chi connectivity index (χ1) is 11.7. The number of hydrogen-bond acceptors (Lipinski definition) is 4. The zero-order chi connectivity index (χ0) is 17.4. The molecule has 0 saturated carbocycles. The summed E-state index contributed by atoms with van der Waals surface area (Å²) in [6.45, 7) is 4.01. The van der Waals surface area contributed by atoms with E-state index in [4.69, 9.17) is 9.47 Å². The first-order valence-electron chi connectivity index (χ1n) is 7.32. The average Bonchev–Trinajstić information content (AvgIpc) is 2.64. The minimum Gasteiger partial charge on any atom is -0.497 e. The van der Waals surface area contributed by atoms with Crippen molar-refractivity contribution in [3.63, 3.8) is 0 Å². The molecule has 0 aliphatic heterocycles. The SMILES string of the molecule is C=CCOc1ccc(/C=C(/C#N)C(=O)c2cccc(OC)c2)cc1. The average molecular weight is 319 g/mol. The van der Waals surface area contributed by atoms with E-state index >= 15 is 0 Å². The van der Waals surface area contributed by atoms with Crippen LogP contribution in [0.3, 0.4) is 0 Å². The maximum Gasteiger partial charge on any atom is 0.203 e. The normalized spacial score (nSPS) is 10.6. The van der Waals surface area contributed by atoms with Gasteiger partial charge >= 0.3 is 0 Å². The van der Waals surface area contributed by atoms with Gasteiger partial charge in [0.25, 0.3) is 0 Å². The van der Waals surface area contributed by atoms with Crippen molar-refractivity contribution < 1.29 is 14.3 Å². The molecule has 2 rings (SSSR count). The number of Topliss-reactive ketones (excluding diaryl/α,β-unsaturated/α-hetero) is 1. The molecule has 0 aliphatic rings. The molecule has 0 saturated heterocycles. The quantitative estimate of drug-likeness (QED) is 0.334. The molecule has 4 heteroatoms. The lowest BCUT2D eigenvalue weighted by Crippen LogP contribution is -2.02. The Balaban J connectivity index is 2.23. The van der Waals surface area contributed by atoms with Gasteiger partial charge in [-0.05, 0) is 35.9 Å². The summed E-state index contributed by atoms with van der Waals surface area (Å²) < 4.78 is 10.5. The fourth-order valence-corrected chi connectivity index (χ4v) is 2.05. The van der Waals surface area contributed by atoms with Gasteiger partial charge in [-0.1, -0.05) is 36.9 Å². The van der Waals surface area contributed by atoms with Crippen molar-refractivity contribution in [2.24, 2.45) is 0 Å². The highest BCUT2D eigenvalue weighted by molar-refractivity contribution is 6.14. The van der Waals surface area contributed by atoms with Crippen molar-refractivity contribution in [2.75, 3.05) is 13.7 Å². The first kappa shape index (κ1) is 17.0. The van der Waals surface area contributed by atoms with Crippen molar-refractivity contribution >= 4 is 11.9 Å². The number of nitrogens with zero attached hydrogens (tertiary/aromatic N) is 1. The van der Waals surface area contributed by atoms with Crippen molar-refractivity contribution in [1.82, 2.24) is 0 Å². The minimum absolute atomic E-state index is 0.0583. The molecule has 120 valence electrons. The van der Waals surface area contributed by atoms with Crippen molar-refractivity contribution in [3.8, 4) is 17.6 Å². The molecular weight excluding hydrogens is 302 g/mol. The van der Waals surface area contributed by atoms with Gasteiger partial charge in [-0.15, -0.1) is 0 Å². The van der Waals surface area contributed by atoms with Gasteiger partial charge in [-0.2, -0.15) is 5.26 Å². The molecule has 24 heavy (non-hydrogen) atoms. The largest absolute Gasteiger partial charge is 0.497 e. The smallest absolute Gasteiger partial charge is 0.203 e. The summed E-state index contributed by atoms with van der Waals surface area (Å²) in [5, 5.41) is 9.31. The van der Waals surface area contributed by atoms with Crippen LogP contribution in [0.1, 0.15) is 15.9 Å². The Morgan fingerprint density at radius 2 is 1.96 bits per heavy atom. The topological polar surface area (TPSA) is 59.3 Å². The van der Waals surface area contributed by atoms with Gasteiger partial charge in [0.2, 0.25) is 5.78 Å². The third kappa shape index (κ3) is 4.34. The monoisotopic (exact) mass is 319 g/mol. The molecule has 2 aromatic carbocycles. The highest BCUT2D eigenvalue weighted by atomic mass is 16.5. The van der Waals surface area contributed by atoms with E-state index < -0.39 is 0 Å². The summed E-state index contributed by atoms with van der Waals surface area (Å²) in [6, 6.07) is 15.8. The number of rotatable bonds is 7. The number of carbonyl (C=O) groups is 1. The van der Waals surface area contributed by atoms with E-state index in [-0.39, 0.29) is 11.4 Å². The van der Waals surface area contributed by atoms with E-state index in [1.165, 1.54) is 7.11 Å². The molecule has 0 radical (unpaired) electrons. The van der Waals surface area contributed by atoms with Crippen LogP contribution in [0.25, 0.3) is 6.08 Å². The number of allylic oxidation sites excluding steroid dienone is 1. The summed E-state index contributed by atoms with van der Waals surface area (Å²) >= 11 is 0. The summed E-state index contributed by atoms with van der Waals surface area (Å²) in [5.41, 5.74) is 1.21. The summed E-state index contributed by atoms with van der Waals surface area (Å²) in [7, 11) is 1.53. The van der Waals surface area contributed by atoms with E-state index in [9.17, 15) is 10.1 Å².